The fourth-order valence-electron chi connectivity index (χ4n) is 7.69. The number of rotatable bonds is 17. The third-order valence-corrected chi connectivity index (χ3v) is 11.4. The zero-order chi connectivity index (χ0) is 35.5. The van der Waals surface area contributed by atoms with Gasteiger partial charge in [0.2, 0.25) is 0 Å². The summed E-state index contributed by atoms with van der Waals surface area (Å²) in [6, 6.07) is 0. The average molecular weight is 683 g/mol. The van der Waals surface area contributed by atoms with Crippen LogP contribution in [0.1, 0.15) is 108 Å². The molecular weight excluding hydrogens is 616 g/mol. The topological polar surface area (TPSA) is 108 Å². The fourth-order valence-corrected chi connectivity index (χ4v) is 7.69. The summed E-state index contributed by atoms with van der Waals surface area (Å²) in [5, 5.41) is 0. The molecule has 10 nitrogen and oxygen atoms in total. The van der Waals surface area contributed by atoms with E-state index in [4.69, 9.17) is 37.9 Å². The first-order valence-corrected chi connectivity index (χ1v) is 18.6. The minimum absolute atomic E-state index is 0.0191. The normalized spacial score (nSPS) is 40.2. The molecule has 3 fully saturated rings. The van der Waals surface area contributed by atoms with Gasteiger partial charge >= 0.3 is 11.9 Å². The molecular formula is C38H66O10. The van der Waals surface area contributed by atoms with Crippen LogP contribution in [0.3, 0.4) is 0 Å². The van der Waals surface area contributed by atoms with E-state index in [1.54, 1.807) is 0 Å². The zero-order valence-corrected chi connectivity index (χ0v) is 31.4. The quantitative estimate of drug-likeness (QED) is 0.0898. The molecule has 0 saturated carbocycles. The van der Waals surface area contributed by atoms with Gasteiger partial charge in [-0.05, 0) is 56.3 Å². The van der Waals surface area contributed by atoms with Crippen LogP contribution in [0.5, 0.6) is 0 Å². The number of allylic oxidation sites excluding steroid dienone is 1. The van der Waals surface area contributed by atoms with Crippen LogP contribution in [0.4, 0.5) is 0 Å². The summed E-state index contributed by atoms with van der Waals surface area (Å²) >= 11 is 0. The molecule has 278 valence electrons. The molecule has 0 radical (unpaired) electrons. The van der Waals surface area contributed by atoms with E-state index in [0.717, 1.165) is 32.1 Å². The minimum Gasteiger partial charge on any atom is -0.457 e. The lowest BCUT2D eigenvalue weighted by Crippen LogP contribution is -2.56. The Morgan fingerprint density at radius 3 is 1.71 bits per heavy atom. The van der Waals surface area contributed by atoms with E-state index in [-0.39, 0.29) is 60.8 Å². The number of ether oxygens (including phenoxy) is 8. The summed E-state index contributed by atoms with van der Waals surface area (Å²) in [7, 11) is 0. The Balaban J connectivity index is 1.77. The van der Waals surface area contributed by atoms with E-state index in [0.29, 0.717) is 37.4 Å². The summed E-state index contributed by atoms with van der Waals surface area (Å²) < 4.78 is 50.1. The average Bonchev–Trinajstić information content (AvgIpc) is 3.05. The van der Waals surface area contributed by atoms with Crippen molar-refractivity contribution in [3.63, 3.8) is 0 Å². The predicted octanol–water partition coefficient (Wildman–Crippen LogP) is 7.07. The summed E-state index contributed by atoms with van der Waals surface area (Å²) in [5.41, 5.74) is 0. The van der Waals surface area contributed by atoms with Crippen LogP contribution in [0.2, 0.25) is 0 Å². The molecule has 48 heavy (non-hydrogen) atoms. The highest BCUT2D eigenvalue weighted by Gasteiger charge is 2.48. The van der Waals surface area contributed by atoms with Gasteiger partial charge in [0.25, 0.3) is 0 Å². The van der Waals surface area contributed by atoms with E-state index >= 15 is 0 Å². The van der Waals surface area contributed by atoms with Gasteiger partial charge in [0, 0.05) is 44.1 Å². The lowest BCUT2D eigenvalue weighted by atomic mass is 9.78. The zero-order valence-electron chi connectivity index (χ0n) is 31.4. The van der Waals surface area contributed by atoms with E-state index in [9.17, 15) is 9.59 Å². The van der Waals surface area contributed by atoms with Crippen LogP contribution < -0.4 is 0 Å². The second-order valence-electron chi connectivity index (χ2n) is 14.6. The van der Waals surface area contributed by atoms with Crippen LogP contribution in [-0.4, -0.2) is 81.1 Å². The van der Waals surface area contributed by atoms with Crippen LogP contribution in [-0.2, 0) is 47.5 Å². The molecule has 0 bridgehead atoms. The van der Waals surface area contributed by atoms with Crippen molar-refractivity contribution >= 4 is 11.9 Å². The van der Waals surface area contributed by atoms with Crippen LogP contribution in [0, 0.1) is 41.4 Å². The molecule has 3 rings (SSSR count). The van der Waals surface area contributed by atoms with E-state index in [2.05, 4.69) is 62.0 Å². The van der Waals surface area contributed by atoms with Gasteiger partial charge in [-0.2, -0.15) is 0 Å². The molecule has 0 spiro atoms. The maximum atomic E-state index is 12.3. The van der Waals surface area contributed by atoms with Crippen molar-refractivity contribution in [2.75, 3.05) is 19.8 Å². The molecule has 0 aromatic carbocycles. The number of hydrogen-bond acceptors (Lipinski definition) is 10. The first-order chi connectivity index (χ1) is 22.8. The highest BCUT2D eigenvalue weighted by molar-refractivity contribution is 5.66. The van der Waals surface area contributed by atoms with Crippen LogP contribution in [0.15, 0.2) is 12.7 Å². The van der Waals surface area contributed by atoms with Crippen molar-refractivity contribution in [1.82, 2.24) is 0 Å². The lowest BCUT2D eigenvalue weighted by Gasteiger charge is -2.47. The molecule has 3 heterocycles. The molecule has 6 unspecified atom stereocenters. The van der Waals surface area contributed by atoms with E-state index < -0.39 is 30.8 Å². The third kappa shape index (κ3) is 10.7. The second-order valence-corrected chi connectivity index (χ2v) is 14.6. The molecule has 3 aliphatic rings. The first kappa shape index (κ1) is 40.9. The maximum Gasteiger partial charge on any atom is 0.303 e. The van der Waals surface area contributed by atoms with Gasteiger partial charge in [-0.25, -0.2) is 0 Å². The van der Waals surface area contributed by atoms with Crippen LogP contribution in [0.25, 0.3) is 0 Å². The molecule has 10 heteroatoms. The van der Waals surface area contributed by atoms with Gasteiger partial charge < -0.3 is 37.9 Å². The Morgan fingerprint density at radius 2 is 1.12 bits per heavy atom. The molecule has 0 N–H and O–H groups in total. The lowest BCUT2D eigenvalue weighted by molar-refractivity contribution is -0.305. The highest BCUT2D eigenvalue weighted by Crippen LogP contribution is 2.40. The van der Waals surface area contributed by atoms with Gasteiger partial charge in [0.1, 0.15) is 0 Å². The van der Waals surface area contributed by atoms with Crippen molar-refractivity contribution < 1.29 is 47.5 Å². The Hall–Kier alpha value is -1.56. The molecule has 0 aromatic heterocycles. The summed E-state index contributed by atoms with van der Waals surface area (Å²) in [4.78, 5) is 24.3. The third-order valence-electron chi connectivity index (χ3n) is 11.4. The molecule has 3 aliphatic heterocycles. The molecule has 3 saturated heterocycles. The number of esters is 2. The van der Waals surface area contributed by atoms with Gasteiger partial charge in [-0.3, -0.25) is 9.59 Å². The first-order valence-electron chi connectivity index (χ1n) is 18.6. The molecule has 0 aromatic rings. The van der Waals surface area contributed by atoms with Crippen molar-refractivity contribution in [1.29, 1.82) is 0 Å². The Labute approximate surface area is 290 Å². The standard InChI is InChI=1S/C38H66O10/c1-12-15-16-19-42-37-35(45-29(11)40)27(9)30(21-43-38-34(44-28(10)39)25(7)24(6)32(14-3)47-38)33(48-37)18-17-20-41-36-26(8)22(4)23(5)31(13-2)46-36/h12,22-27,30-38H,1,13-21H2,2-11H3/t22-,23-,24-,25-,26?,27-,30-,31?,32?,33?,34?,35?,36+,37+,38-/m0/s1. The van der Waals surface area contributed by atoms with Gasteiger partial charge in [0.15, 0.2) is 31.1 Å². The van der Waals surface area contributed by atoms with Gasteiger partial charge in [-0.1, -0.05) is 61.5 Å². The monoisotopic (exact) mass is 682 g/mol. The van der Waals surface area contributed by atoms with E-state index in [1.165, 1.54) is 13.8 Å². The maximum absolute atomic E-state index is 12.3. The number of unbranched alkanes of at least 4 members (excludes halogenated alkanes) is 1. The summed E-state index contributed by atoms with van der Waals surface area (Å²) in [6.07, 6.45) is 3.77. The summed E-state index contributed by atoms with van der Waals surface area (Å²) in [5.74, 6) is 0.475. The Bertz CT molecular complexity index is 989. The van der Waals surface area contributed by atoms with Crippen molar-refractivity contribution in [2.45, 2.75) is 157 Å². The predicted molar refractivity (Wildman–Crippen MR) is 183 cm³/mol. The van der Waals surface area contributed by atoms with E-state index in [1.807, 2.05) is 6.08 Å². The second kappa shape index (κ2) is 19.7. The van der Waals surface area contributed by atoms with Gasteiger partial charge in [0.05, 0.1) is 31.5 Å². The van der Waals surface area contributed by atoms with Crippen LogP contribution >= 0.6 is 0 Å². The largest absolute Gasteiger partial charge is 0.457 e. The number of carbonyl (C=O) groups is 2. The smallest absolute Gasteiger partial charge is 0.303 e. The minimum atomic E-state index is -0.720. The van der Waals surface area contributed by atoms with Crippen molar-refractivity contribution in [2.24, 2.45) is 41.4 Å². The number of carbonyl (C=O) groups excluding carboxylic acids is 2. The molecule has 0 aliphatic carbocycles. The molecule has 0 amide bonds. The van der Waals surface area contributed by atoms with Gasteiger partial charge in [-0.15, -0.1) is 6.58 Å². The number of hydrogen-bond donors (Lipinski definition) is 0. The van der Waals surface area contributed by atoms with Crippen molar-refractivity contribution in [3.8, 4) is 0 Å². The highest BCUT2D eigenvalue weighted by atomic mass is 16.7. The summed E-state index contributed by atoms with van der Waals surface area (Å²) in [6.45, 7) is 25.2. The SMILES string of the molecule is C=CCCCO[C@@H]1OC(CCCO[C@@H]2OC(CC)[C@@H](C)[C@H](C)C2C)[C@@H](CO[C@H]2OC(CC)[C@@H](C)[C@H](C)C2OC(C)=O)[C@H](C)C1OC(C)=O. The Morgan fingerprint density at radius 1 is 0.625 bits per heavy atom. The Kier molecular flexibility index (Phi) is 16.8. The van der Waals surface area contributed by atoms with Crippen molar-refractivity contribution in [3.05, 3.63) is 12.7 Å². The molecule has 15 atom stereocenters. The fraction of sp³-hybridized carbons (Fsp3) is 0.895.